The Bertz CT molecular complexity index is 1030. The molecule has 0 radical (unpaired) electrons. The quantitative estimate of drug-likeness (QED) is 0.613. The second-order valence-electron chi connectivity index (χ2n) is 9.18. The van der Waals surface area contributed by atoms with Crippen LogP contribution in [-0.4, -0.2) is 62.0 Å². The summed E-state index contributed by atoms with van der Waals surface area (Å²) in [6.07, 6.45) is 5.46. The van der Waals surface area contributed by atoms with Crippen molar-refractivity contribution >= 4 is 28.6 Å². The highest BCUT2D eigenvalue weighted by molar-refractivity contribution is 5.88. The molecule has 0 bridgehead atoms. The molecule has 4 heterocycles. The fourth-order valence-electron chi connectivity index (χ4n) is 4.00. The van der Waals surface area contributed by atoms with E-state index in [-0.39, 0.29) is 17.5 Å². The first-order valence-electron chi connectivity index (χ1n) is 10.4. The second-order valence-corrected chi connectivity index (χ2v) is 9.18. The zero-order valence-corrected chi connectivity index (χ0v) is 18.2. The molecule has 2 atom stereocenters. The molecule has 4 rings (SSSR count). The van der Waals surface area contributed by atoms with Gasteiger partial charge in [-0.25, -0.2) is 9.78 Å². The normalized spacial score (nSPS) is 19.8. The van der Waals surface area contributed by atoms with Gasteiger partial charge < -0.3 is 9.80 Å². The summed E-state index contributed by atoms with van der Waals surface area (Å²) < 4.78 is 0. The molecule has 160 valence electrons. The van der Waals surface area contributed by atoms with Gasteiger partial charge in [0.1, 0.15) is 0 Å². The molecule has 1 aliphatic rings. The molecule has 0 unspecified atom stereocenters. The van der Waals surface area contributed by atoms with Crippen LogP contribution in [0.3, 0.4) is 0 Å². The number of fused-ring (bicyclic) bond motifs is 1. The van der Waals surface area contributed by atoms with E-state index in [4.69, 9.17) is 0 Å². The number of carbonyl (C=O) groups is 1. The molecule has 0 aliphatic carbocycles. The van der Waals surface area contributed by atoms with Gasteiger partial charge in [-0.05, 0) is 25.8 Å². The average molecular weight is 411 g/mol. The van der Waals surface area contributed by atoms with Crippen molar-refractivity contribution in [3.8, 4) is 0 Å². The molecule has 2 amide bonds. The number of pyridine rings is 1. The van der Waals surface area contributed by atoms with E-state index in [0.717, 1.165) is 41.8 Å². The highest BCUT2D eigenvalue weighted by Crippen LogP contribution is 2.28. The van der Waals surface area contributed by atoms with Crippen molar-refractivity contribution in [2.75, 3.05) is 23.8 Å². The fraction of sp³-hybridized carbons (Fsp3) is 0.524. The van der Waals surface area contributed by atoms with Gasteiger partial charge >= 0.3 is 6.03 Å². The summed E-state index contributed by atoms with van der Waals surface area (Å²) in [5, 5.41) is 18.1. The van der Waals surface area contributed by atoms with E-state index in [1.807, 2.05) is 19.3 Å². The number of amides is 2. The molecule has 0 spiro atoms. The van der Waals surface area contributed by atoms with Crippen molar-refractivity contribution in [1.29, 1.82) is 0 Å². The first-order chi connectivity index (χ1) is 14.2. The predicted octanol–water partition coefficient (Wildman–Crippen LogP) is 3.50. The summed E-state index contributed by atoms with van der Waals surface area (Å²) in [6.45, 7) is 9.37. The van der Waals surface area contributed by atoms with E-state index < -0.39 is 0 Å². The lowest BCUT2D eigenvalue weighted by Gasteiger charge is -2.42. The van der Waals surface area contributed by atoms with Crippen LogP contribution in [0.25, 0.3) is 11.0 Å². The predicted molar refractivity (Wildman–Crippen MR) is 118 cm³/mol. The highest BCUT2D eigenvalue weighted by atomic mass is 16.2. The van der Waals surface area contributed by atoms with E-state index >= 15 is 0 Å². The number of aromatic nitrogens is 5. The zero-order valence-electron chi connectivity index (χ0n) is 18.2. The number of rotatable bonds is 3. The number of hydrogen-bond acceptors (Lipinski definition) is 5. The minimum absolute atomic E-state index is 0.0432. The van der Waals surface area contributed by atoms with Crippen molar-refractivity contribution in [3.63, 3.8) is 0 Å². The molecule has 9 heteroatoms. The van der Waals surface area contributed by atoms with E-state index in [2.05, 4.69) is 69.4 Å². The molecule has 0 saturated carbocycles. The molecule has 3 aromatic heterocycles. The number of aromatic amines is 2. The maximum absolute atomic E-state index is 12.8. The lowest BCUT2D eigenvalue weighted by molar-refractivity contribution is 0.186. The lowest BCUT2D eigenvalue weighted by Crippen LogP contribution is -2.50. The number of carbonyl (C=O) groups excluding carboxylic acids is 1. The van der Waals surface area contributed by atoms with Crippen LogP contribution in [-0.2, 0) is 5.41 Å². The van der Waals surface area contributed by atoms with Gasteiger partial charge in [0.25, 0.3) is 0 Å². The van der Waals surface area contributed by atoms with E-state index in [1.165, 1.54) is 0 Å². The summed E-state index contributed by atoms with van der Waals surface area (Å²) in [5.74, 6) is 0.557. The average Bonchev–Trinajstić information content (AvgIpc) is 3.35. The van der Waals surface area contributed by atoms with Gasteiger partial charge in [-0.2, -0.15) is 10.2 Å². The van der Waals surface area contributed by atoms with Crippen LogP contribution in [0.2, 0.25) is 0 Å². The molecule has 1 saturated heterocycles. The van der Waals surface area contributed by atoms with Gasteiger partial charge in [0.15, 0.2) is 11.5 Å². The third kappa shape index (κ3) is 3.96. The Morgan fingerprint density at radius 1 is 1.27 bits per heavy atom. The van der Waals surface area contributed by atoms with Crippen LogP contribution in [0.5, 0.6) is 0 Å². The topological polar surface area (TPSA) is 106 Å². The Labute approximate surface area is 176 Å². The summed E-state index contributed by atoms with van der Waals surface area (Å²) in [7, 11) is 1.86. The molecule has 1 aliphatic heterocycles. The first-order valence-corrected chi connectivity index (χ1v) is 10.4. The molecule has 3 aromatic rings. The third-order valence-corrected chi connectivity index (χ3v) is 5.95. The first kappa shape index (κ1) is 20.2. The molecule has 0 aromatic carbocycles. The Morgan fingerprint density at radius 3 is 2.77 bits per heavy atom. The van der Waals surface area contributed by atoms with Crippen LogP contribution in [0.15, 0.2) is 24.5 Å². The van der Waals surface area contributed by atoms with E-state index in [9.17, 15) is 4.79 Å². The standard InChI is InChI=1S/C21H30N8O/c1-13-8-15(6-7-29(13)16-9-14-11-23-27-19(14)22-12-16)28(5)20(30)24-18-10-17(25-26-18)21(2,3)4/h9-13,15H,6-8H2,1-5H3,(H,22,23,27)(H2,24,25,26,30)/t13-,15+/m0/s1. The van der Waals surface area contributed by atoms with Crippen molar-refractivity contribution in [1.82, 2.24) is 30.3 Å². The molecular formula is C21H30N8O. The SMILES string of the molecule is C[C@H]1C[C@H](N(C)C(=O)Nc2cc(C(C)(C)C)[nH]n2)CCN1c1cnc2[nH]ncc2c1. The van der Waals surface area contributed by atoms with Crippen molar-refractivity contribution < 1.29 is 4.79 Å². The maximum atomic E-state index is 12.8. The summed E-state index contributed by atoms with van der Waals surface area (Å²) in [4.78, 5) is 21.4. The minimum Gasteiger partial charge on any atom is -0.367 e. The lowest BCUT2D eigenvalue weighted by atomic mass is 9.92. The maximum Gasteiger partial charge on any atom is 0.323 e. The van der Waals surface area contributed by atoms with Gasteiger partial charge in [-0.3, -0.25) is 15.5 Å². The van der Waals surface area contributed by atoms with Crippen LogP contribution >= 0.6 is 0 Å². The van der Waals surface area contributed by atoms with Gasteiger partial charge in [-0.1, -0.05) is 20.8 Å². The number of nitrogens with zero attached hydrogens (tertiary/aromatic N) is 5. The number of hydrogen-bond donors (Lipinski definition) is 3. The van der Waals surface area contributed by atoms with Gasteiger partial charge in [-0.15, -0.1) is 0 Å². The zero-order chi connectivity index (χ0) is 21.5. The van der Waals surface area contributed by atoms with Crippen molar-refractivity contribution in [2.45, 2.75) is 58.0 Å². The molecule has 30 heavy (non-hydrogen) atoms. The number of piperidine rings is 1. The van der Waals surface area contributed by atoms with Crippen LogP contribution in [0.1, 0.15) is 46.2 Å². The molecule has 1 fully saturated rings. The Hall–Kier alpha value is -3.10. The van der Waals surface area contributed by atoms with Gasteiger partial charge in [0.05, 0.1) is 18.1 Å². The second kappa shape index (κ2) is 7.62. The minimum atomic E-state index is -0.130. The Morgan fingerprint density at radius 2 is 2.07 bits per heavy atom. The fourth-order valence-corrected chi connectivity index (χ4v) is 4.00. The Kier molecular flexibility index (Phi) is 5.13. The summed E-state index contributed by atoms with van der Waals surface area (Å²) >= 11 is 0. The monoisotopic (exact) mass is 410 g/mol. The Balaban J connectivity index is 1.38. The van der Waals surface area contributed by atoms with Crippen LogP contribution in [0, 0.1) is 0 Å². The number of nitrogens with one attached hydrogen (secondary N) is 3. The largest absolute Gasteiger partial charge is 0.367 e. The smallest absolute Gasteiger partial charge is 0.323 e. The third-order valence-electron chi connectivity index (χ3n) is 5.95. The van der Waals surface area contributed by atoms with Crippen molar-refractivity contribution in [2.24, 2.45) is 0 Å². The summed E-state index contributed by atoms with van der Waals surface area (Å²) in [6, 6.07) is 4.35. The molecular weight excluding hydrogens is 380 g/mol. The number of anilines is 2. The molecule has 9 nitrogen and oxygen atoms in total. The van der Waals surface area contributed by atoms with Gasteiger partial charge in [0, 0.05) is 48.2 Å². The van der Waals surface area contributed by atoms with Crippen molar-refractivity contribution in [3.05, 3.63) is 30.2 Å². The highest BCUT2D eigenvalue weighted by Gasteiger charge is 2.30. The number of H-pyrrole nitrogens is 2. The van der Waals surface area contributed by atoms with Gasteiger partial charge in [0.2, 0.25) is 0 Å². The van der Waals surface area contributed by atoms with E-state index in [0.29, 0.717) is 11.9 Å². The van der Waals surface area contributed by atoms with Crippen LogP contribution in [0.4, 0.5) is 16.3 Å². The van der Waals surface area contributed by atoms with Crippen LogP contribution < -0.4 is 10.2 Å². The summed E-state index contributed by atoms with van der Waals surface area (Å²) in [5.41, 5.74) is 2.84. The van der Waals surface area contributed by atoms with E-state index in [1.54, 1.807) is 11.1 Å². The molecule has 3 N–H and O–H groups in total. The number of urea groups is 1.